The summed E-state index contributed by atoms with van der Waals surface area (Å²) in [5, 5.41) is 10.5. The molecule has 2 N–H and O–H groups in total. The topological polar surface area (TPSA) is 51.1 Å². The Kier molecular flexibility index (Phi) is 5.15. The third-order valence-corrected chi connectivity index (χ3v) is 3.55. The van der Waals surface area contributed by atoms with E-state index in [-0.39, 0.29) is 10.9 Å². The SMILES string of the molecule is Cc1ccc(NC(=S)Nc2c(C)nn(C)c2C)c(OC(F)F)c1. The van der Waals surface area contributed by atoms with Crippen molar-refractivity contribution in [2.75, 3.05) is 10.6 Å². The van der Waals surface area contributed by atoms with Gasteiger partial charge in [0.1, 0.15) is 5.75 Å². The second-order valence-electron chi connectivity index (χ2n) is 5.13. The molecule has 0 saturated carbocycles. The number of anilines is 2. The normalized spacial score (nSPS) is 10.7. The molecule has 0 amide bonds. The number of rotatable bonds is 4. The molecule has 124 valence electrons. The highest BCUT2D eigenvalue weighted by Gasteiger charge is 2.14. The van der Waals surface area contributed by atoms with Crippen molar-refractivity contribution in [1.82, 2.24) is 9.78 Å². The fraction of sp³-hybridized carbons (Fsp3) is 0.333. The maximum atomic E-state index is 12.5. The van der Waals surface area contributed by atoms with Crippen LogP contribution in [-0.2, 0) is 7.05 Å². The first kappa shape index (κ1) is 17.1. The Labute approximate surface area is 138 Å². The summed E-state index contributed by atoms with van der Waals surface area (Å²) in [6.45, 7) is 2.65. The number of thiocarbonyl (C=S) groups is 1. The molecule has 1 aromatic carbocycles. The van der Waals surface area contributed by atoms with Crippen LogP contribution in [0.5, 0.6) is 5.75 Å². The molecule has 0 aliphatic carbocycles. The van der Waals surface area contributed by atoms with E-state index in [4.69, 9.17) is 12.2 Å². The van der Waals surface area contributed by atoms with Crippen molar-refractivity contribution in [2.45, 2.75) is 27.4 Å². The van der Waals surface area contributed by atoms with E-state index in [1.807, 2.05) is 20.9 Å². The number of hydrogen-bond acceptors (Lipinski definition) is 3. The Bertz CT molecular complexity index is 731. The molecule has 23 heavy (non-hydrogen) atoms. The lowest BCUT2D eigenvalue weighted by Gasteiger charge is -2.15. The van der Waals surface area contributed by atoms with Gasteiger partial charge in [0.15, 0.2) is 5.11 Å². The van der Waals surface area contributed by atoms with Crippen molar-refractivity contribution in [3.05, 3.63) is 35.2 Å². The molecule has 0 radical (unpaired) electrons. The van der Waals surface area contributed by atoms with Crippen LogP contribution in [0.3, 0.4) is 0 Å². The molecule has 1 heterocycles. The third-order valence-electron chi connectivity index (χ3n) is 3.35. The van der Waals surface area contributed by atoms with E-state index in [0.29, 0.717) is 5.69 Å². The van der Waals surface area contributed by atoms with E-state index in [1.165, 1.54) is 6.07 Å². The Morgan fingerprint density at radius 3 is 2.52 bits per heavy atom. The number of nitrogens with zero attached hydrogens (tertiary/aromatic N) is 2. The fourth-order valence-corrected chi connectivity index (χ4v) is 2.36. The highest BCUT2D eigenvalue weighted by Crippen LogP contribution is 2.28. The number of ether oxygens (including phenoxy) is 1. The van der Waals surface area contributed by atoms with Crippen molar-refractivity contribution in [2.24, 2.45) is 7.05 Å². The number of nitrogens with one attached hydrogen (secondary N) is 2. The maximum absolute atomic E-state index is 12.5. The van der Waals surface area contributed by atoms with Crippen molar-refractivity contribution >= 4 is 28.7 Å². The minimum Gasteiger partial charge on any atom is -0.433 e. The fourth-order valence-electron chi connectivity index (χ4n) is 2.15. The molecule has 2 aromatic rings. The number of aromatic nitrogens is 2. The molecule has 1 aromatic heterocycles. The van der Waals surface area contributed by atoms with Crippen LogP contribution < -0.4 is 15.4 Å². The Balaban J connectivity index is 2.17. The van der Waals surface area contributed by atoms with Gasteiger partial charge < -0.3 is 15.4 Å². The zero-order valence-corrected chi connectivity index (χ0v) is 14.1. The molecule has 0 unspecified atom stereocenters. The largest absolute Gasteiger partial charge is 0.433 e. The summed E-state index contributed by atoms with van der Waals surface area (Å²) in [6.07, 6.45) is 0. The zero-order valence-electron chi connectivity index (χ0n) is 13.3. The molecule has 0 saturated heterocycles. The maximum Gasteiger partial charge on any atom is 0.387 e. The lowest BCUT2D eigenvalue weighted by Crippen LogP contribution is -2.20. The molecular formula is C15H18F2N4OS. The van der Waals surface area contributed by atoms with Crippen molar-refractivity contribution < 1.29 is 13.5 Å². The molecule has 0 aliphatic rings. The summed E-state index contributed by atoms with van der Waals surface area (Å²) in [7, 11) is 1.83. The molecule has 0 aliphatic heterocycles. The Hall–Kier alpha value is -2.22. The first-order valence-electron chi connectivity index (χ1n) is 6.91. The Morgan fingerprint density at radius 1 is 1.26 bits per heavy atom. The summed E-state index contributed by atoms with van der Waals surface area (Å²) < 4.78 is 31.3. The van der Waals surface area contributed by atoms with E-state index >= 15 is 0 Å². The minimum absolute atomic E-state index is 0.0452. The smallest absolute Gasteiger partial charge is 0.387 e. The number of hydrogen-bond donors (Lipinski definition) is 2. The van der Waals surface area contributed by atoms with Crippen LogP contribution in [0.1, 0.15) is 17.0 Å². The van der Waals surface area contributed by atoms with Gasteiger partial charge in [-0.25, -0.2) is 0 Å². The van der Waals surface area contributed by atoms with Crippen molar-refractivity contribution in [3.8, 4) is 5.75 Å². The minimum atomic E-state index is -2.90. The lowest BCUT2D eigenvalue weighted by atomic mass is 10.2. The van der Waals surface area contributed by atoms with E-state index in [2.05, 4.69) is 20.5 Å². The predicted octanol–water partition coefficient (Wildman–Crippen LogP) is 3.76. The van der Waals surface area contributed by atoms with Crippen molar-refractivity contribution in [1.29, 1.82) is 0 Å². The monoisotopic (exact) mass is 340 g/mol. The average molecular weight is 340 g/mol. The highest BCUT2D eigenvalue weighted by atomic mass is 32.1. The predicted molar refractivity (Wildman–Crippen MR) is 90.3 cm³/mol. The highest BCUT2D eigenvalue weighted by molar-refractivity contribution is 7.80. The molecule has 0 bridgehead atoms. The average Bonchev–Trinajstić information content (AvgIpc) is 2.68. The summed E-state index contributed by atoms with van der Waals surface area (Å²) in [5.41, 5.74) is 3.67. The molecule has 8 heteroatoms. The van der Waals surface area contributed by atoms with Crippen LogP contribution in [0.2, 0.25) is 0 Å². The van der Waals surface area contributed by atoms with Crippen LogP contribution in [0.25, 0.3) is 0 Å². The molecule has 2 rings (SSSR count). The van der Waals surface area contributed by atoms with Crippen LogP contribution >= 0.6 is 12.2 Å². The molecule has 0 atom stereocenters. The summed E-state index contributed by atoms with van der Waals surface area (Å²) >= 11 is 5.25. The van der Waals surface area contributed by atoms with Gasteiger partial charge in [0.25, 0.3) is 0 Å². The quantitative estimate of drug-likeness (QED) is 0.830. The van der Waals surface area contributed by atoms with Gasteiger partial charge in [-0.15, -0.1) is 0 Å². The number of halogens is 2. The molecule has 0 spiro atoms. The number of aryl methyl sites for hydroxylation is 3. The van der Waals surface area contributed by atoms with Gasteiger partial charge in [0, 0.05) is 7.05 Å². The van der Waals surface area contributed by atoms with Gasteiger partial charge in [-0.1, -0.05) is 6.07 Å². The second-order valence-corrected chi connectivity index (χ2v) is 5.53. The van der Waals surface area contributed by atoms with Gasteiger partial charge in [0.05, 0.1) is 22.8 Å². The van der Waals surface area contributed by atoms with Gasteiger partial charge in [-0.3, -0.25) is 4.68 Å². The van der Waals surface area contributed by atoms with Crippen molar-refractivity contribution in [3.63, 3.8) is 0 Å². The Morgan fingerprint density at radius 2 is 1.96 bits per heavy atom. The first-order valence-corrected chi connectivity index (χ1v) is 7.32. The van der Waals surface area contributed by atoms with Crippen LogP contribution in [-0.4, -0.2) is 21.5 Å². The first-order chi connectivity index (χ1) is 10.8. The van der Waals surface area contributed by atoms with Gasteiger partial charge in [-0.05, 0) is 50.7 Å². The standard InChI is InChI=1S/C15H18F2N4OS/c1-8-5-6-11(12(7-8)22-14(16)17)18-15(23)19-13-9(2)20-21(4)10(13)3/h5-7,14H,1-4H3,(H2,18,19,23). The van der Waals surface area contributed by atoms with E-state index < -0.39 is 6.61 Å². The molecule has 0 fully saturated rings. The van der Waals surface area contributed by atoms with Gasteiger partial charge in [-0.2, -0.15) is 13.9 Å². The van der Waals surface area contributed by atoms with Gasteiger partial charge >= 0.3 is 6.61 Å². The zero-order chi connectivity index (χ0) is 17.1. The van der Waals surface area contributed by atoms with Gasteiger partial charge in [0.2, 0.25) is 0 Å². The van der Waals surface area contributed by atoms with Crippen LogP contribution in [0.4, 0.5) is 20.2 Å². The molecule has 5 nitrogen and oxygen atoms in total. The number of benzene rings is 1. The molecular weight excluding hydrogens is 322 g/mol. The van der Waals surface area contributed by atoms with E-state index in [1.54, 1.807) is 23.7 Å². The summed E-state index contributed by atoms with van der Waals surface area (Å²) in [6, 6.07) is 4.95. The van der Waals surface area contributed by atoms with E-state index in [0.717, 1.165) is 22.6 Å². The van der Waals surface area contributed by atoms with E-state index in [9.17, 15) is 8.78 Å². The van der Waals surface area contributed by atoms with Crippen LogP contribution in [0.15, 0.2) is 18.2 Å². The lowest BCUT2D eigenvalue weighted by molar-refractivity contribution is -0.0493. The third kappa shape index (κ3) is 4.16. The number of alkyl halides is 2. The summed E-state index contributed by atoms with van der Waals surface area (Å²) in [5.74, 6) is 0.0452. The second kappa shape index (κ2) is 6.91. The van der Waals surface area contributed by atoms with Crippen LogP contribution in [0, 0.1) is 20.8 Å². The summed E-state index contributed by atoms with van der Waals surface area (Å²) in [4.78, 5) is 0.